The van der Waals surface area contributed by atoms with Crippen LogP contribution in [-0.2, 0) is 4.79 Å². The predicted octanol–water partition coefficient (Wildman–Crippen LogP) is 5.90. The molecule has 0 unspecified atom stereocenters. The molecule has 0 spiro atoms. The van der Waals surface area contributed by atoms with Crippen molar-refractivity contribution in [2.45, 2.75) is 103 Å². The zero-order chi connectivity index (χ0) is 15.8. The highest BCUT2D eigenvalue weighted by molar-refractivity contribution is 5.91. The van der Waals surface area contributed by atoms with E-state index in [0.717, 1.165) is 12.8 Å². The molecular weight excluding hydrogens is 258 g/mol. The summed E-state index contributed by atoms with van der Waals surface area (Å²) in [5.41, 5.74) is 5.73. The second kappa shape index (κ2) is 15.6. The maximum absolute atomic E-state index is 10.8. The summed E-state index contributed by atoms with van der Waals surface area (Å²) in [7, 11) is 0. The minimum absolute atomic E-state index is 0.343. The Morgan fingerprint density at radius 1 is 0.714 bits per heavy atom. The van der Waals surface area contributed by atoms with Gasteiger partial charge in [0, 0.05) is 5.57 Å². The van der Waals surface area contributed by atoms with Gasteiger partial charge >= 0.3 is 0 Å². The van der Waals surface area contributed by atoms with Crippen molar-refractivity contribution in [3.8, 4) is 0 Å². The molecule has 21 heavy (non-hydrogen) atoms. The summed E-state index contributed by atoms with van der Waals surface area (Å²) in [5.74, 6) is -0.343. The van der Waals surface area contributed by atoms with Gasteiger partial charge in [0.1, 0.15) is 0 Å². The Kier molecular flexibility index (Phi) is 15.0. The van der Waals surface area contributed by atoms with Crippen molar-refractivity contribution in [2.24, 2.45) is 5.73 Å². The summed E-state index contributed by atoms with van der Waals surface area (Å²) < 4.78 is 0. The van der Waals surface area contributed by atoms with E-state index in [9.17, 15) is 4.79 Å². The summed E-state index contributed by atoms with van der Waals surface area (Å²) in [6.45, 7) is 5.95. The SMILES string of the molecule is C=C(CCCCCCCCCCCCCCCC)C(N)=O. The first-order chi connectivity index (χ1) is 10.2. The number of carbonyl (C=O) groups excluding carboxylic acids is 1. The van der Waals surface area contributed by atoms with E-state index in [4.69, 9.17) is 5.73 Å². The van der Waals surface area contributed by atoms with Crippen LogP contribution in [0.1, 0.15) is 103 Å². The zero-order valence-electron chi connectivity index (χ0n) is 14.3. The lowest BCUT2D eigenvalue weighted by Gasteiger charge is -2.03. The van der Waals surface area contributed by atoms with Crippen LogP contribution >= 0.6 is 0 Å². The van der Waals surface area contributed by atoms with Gasteiger partial charge in [-0.3, -0.25) is 4.79 Å². The molecule has 0 aliphatic rings. The molecule has 124 valence electrons. The van der Waals surface area contributed by atoms with Gasteiger partial charge in [-0.05, 0) is 12.8 Å². The van der Waals surface area contributed by atoms with Crippen molar-refractivity contribution in [3.63, 3.8) is 0 Å². The van der Waals surface area contributed by atoms with Crippen LogP contribution in [0.4, 0.5) is 0 Å². The fourth-order valence-corrected chi connectivity index (χ4v) is 2.66. The van der Waals surface area contributed by atoms with Crippen molar-refractivity contribution < 1.29 is 4.79 Å². The van der Waals surface area contributed by atoms with Gasteiger partial charge in [0.05, 0.1) is 0 Å². The van der Waals surface area contributed by atoms with Gasteiger partial charge in [-0.25, -0.2) is 0 Å². The molecule has 0 rings (SSSR count). The van der Waals surface area contributed by atoms with Crippen molar-refractivity contribution in [3.05, 3.63) is 12.2 Å². The van der Waals surface area contributed by atoms with Gasteiger partial charge in [0.25, 0.3) is 0 Å². The van der Waals surface area contributed by atoms with Crippen LogP contribution in [0.2, 0.25) is 0 Å². The first-order valence-corrected chi connectivity index (χ1v) is 9.16. The Labute approximate surface area is 132 Å². The molecule has 2 heteroatoms. The maximum atomic E-state index is 10.8. The van der Waals surface area contributed by atoms with Gasteiger partial charge in [0.15, 0.2) is 0 Å². The third-order valence-electron chi connectivity index (χ3n) is 4.18. The highest BCUT2D eigenvalue weighted by Gasteiger charge is 2.00. The molecule has 2 N–H and O–H groups in total. The molecule has 0 aliphatic carbocycles. The van der Waals surface area contributed by atoms with Gasteiger partial charge in [-0.2, -0.15) is 0 Å². The molecule has 0 saturated heterocycles. The Bertz CT molecular complexity index is 260. The summed E-state index contributed by atoms with van der Waals surface area (Å²) >= 11 is 0. The van der Waals surface area contributed by atoms with Crippen LogP contribution in [0.3, 0.4) is 0 Å². The topological polar surface area (TPSA) is 43.1 Å². The Morgan fingerprint density at radius 3 is 1.38 bits per heavy atom. The molecule has 0 aromatic rings. The molecule has 0 aliphatic heterocycles. The summed E-state index contributed by atoms with van der Waals surface area (Å²) in [5, 5.41) is 0. The highest BCUT2D eigenvalue weighted by atomic mass is 16.1. The summed E-state index contributed by atoms with van der Waals surface area (Å²) in [6.07, 6.45) is 19.7. The van der Waals surface area contributed by atoms with Crippen LogP contribution in [0.15, 0.2) is 12.2 Å². The number of unbranched alkanes of at least 4 members (excludes halogenated alkanes) is 13. The second-order valence-corrected chi connectivity index (χ2v) is 6.31. The minimum Gasteiger partial charge on any atom is -0.366 e. The first kappa shape index (κ1) is 20.2. The number of carbonyl (C=O) groups is 1. The predicted molar refractivity (Wildman–Crippen MR) is 93.3 cm³/mol. The maximum Gasteiger partial charge on any atom is 0.244 e. The molecule has 0 bridgehead atoms. The van der Waals surface area contributed by atoms with Crippen LogP contribution in [0, 0.1) is 0 Å². The number of hydrogen-bond acceptors (Lipinski definition) is 1. The number of amides is 1. The molecule has 0 saturated carbocycles. The normalized spacial score (nSPS) is 10.7. The molecule has 0 aromatic heterocycles. The van der Waals surface area contributed by atoms with E-state index in [1.807, 2.05) is 0 Å². The Balaban J connectivity index is 3.06. The van der Waals surface area contributed by atoms with Crippen molar-refractivity contribution >= 4 is 5.91 Å². The van der Waals surface area contributed by atoms with Crippen LogP contribution < -0.4 is 5.73 Å². The quantitative estimate of drug-likeness (QED) is 0.279. The standard InChI is InChI=1S/C19H37NO/c1-3-4-5-6-7-8-9-10-11-12-13-14-15-16-17-18(2)19(20)21/h2-17H2,1H3,(H2,20,21). The second-order valence-electron chi connectivity index (χ2n) is 6.31. The van der Waals surface area contributed by atoms with Crippen LogP contribution in [0.5, 0.6) is 0 Å². The molecule has 0 atom stereocenters. The molecule has 0 radical (unpaired) electrons. The summed E-state index contributed by atoms with van der Waals surface area (Å²) in [6, 6.07) is 0. The lowest BCUT2D eigenvalue weighted by molar-refractivity contribution is -0.114. The smallest absolute Gasteiger partial charge is 0.244 e. The van der Waals surface area contributed by atoms with E-state index in [0.29, 0.717) is 5.57 Å². The average Bonchev–Trinajstić information content (AvgIpc) is 2.47. The third kappa shape index (κ3) is 15.4. The van der Waals surface area contributed by atoms with E-state index in [-0.39, 0.29) is 5.91 Å². The Morgan fingerprint density at radius 2 is 1.05 bits per heavy atom. The largest absolute Gasteiger partial charge is 0.366 e. The fraction of sp³-hybridized carbons (Fsp3) is 0.842. The number of rotatable bonds is 16. The van der Waals surface area contributed by atoms with E-state index >= 15 is 0 Å². The van der Waals surface area contributed by atoms with E-state index in [1.165, 1.54) is 83.5 Å². The van der Waals surface area contributed by atoms with Gasteiger partial charge in [-0.1, -0.05) is 97.0 Å². The first-order valence-electron chi connectivity index (χ1n) is 9.16. The average molecular weight is 296 g/mol. The third-order valence-corrected chi connectivity index (χ3v) is 4.18. The number of hydrogen-bond donors (Lipinski definition) is 1. The van der Waals surface area contributed by atoms with Gasteiger partial charge < -0.3 is 5.73 Å². The van der Waals surface area contributed by atoms with E-state index in [2.05, 4.69) is 13.5 Å². The molecule has 1 amide bonds. The Hall–Kier alpha value is -0.790. The fourth-order valence-electron chi connectivity index (χ4n) is 2.66. The van der Waals surface area contributed by atoms with Crippen LogP contribution in [-0.4, -0.2) is 5.91 Å². The van der Waals surface area contributed by atoms with Crippen LogP contribution in [0.25, 0.3) is 0 Å². The molecular formula is C19H37NO. The minimum atomic E-state index is -0.343. The molecule has 2 nitrogen and oxygen atoms in total. The number of primary amides is 1. The zero-order valence-corrected chi connectivity index (χ0v) is 14.3. The molecule has 0 fully saturated rings. The monoisotopic (exact) mass is 295 g/mol. The van der Waals surface area contributed by atoms with Gasteiger partial charge in [0.2, 0.25) is 5.91 Å². The highest BCUT2D eigenvalue weighted by Crippen LogP contribution is 2.14. The lowest BCUT2D eigenvalue weighted by atomic mass is 10.0. The van der Waals surface area contributed by atoms with Crippen molar-refractivity contribution in [1.82, 2.24) is 0 Å². The lowest BCUT2D eigenvalue weighted by Crippen LogP contribution is -2.12. The van der Waals surface area contributed by atoms with Gasteiger partial charge in [-0.15, -0.1) is 0 Å². The van der Waals surface area contributed by atoms with Crippen molar-refractivity contribution in [1.29, 1.82) is 0 Å². The molecule has 0 aromatic carbocycles. The van der Waals surface area contributed by atoms with E-state index < -0.39 is 0 Å². The van der Waals surface area contributed by atoms with Crippen molar-refractivity contribution in [2.75, 3.05) is 0 Å². The molecule has 0 heterocycles. The summed E-state index contributed by atoms with van der Waals surface area (Å²) in [4.78, 5) is 10.8. The van der Waals surface area contributed by atoms with E-state index in [1.54, 1.807) is 0 Å². The number of nitrogens with two attached hydrogens (primary N) is 1.